The van der Waals surface area contributed by atoms with Crippen LogP contribution in [0.4, 0.5) is 0 Å². The Morgan fingerprint density at radius 2 is 1.96 bits per heavy atom. The number of fused-ring (bicyclic) bond motifs is 1. The molecule has 0 unspecified atom stereocenters. The summed E-state index contributed by atoms with van der Waals surface area (Å²) in [7, 11) is 0. The molecule has 3 aromatic heterocycles. The molecule has 0 spiro atoms. The Kier molecular flexibility index (Phi) is 3.64. The largest absolute Gasteiger partial charge is 0.438 e. The summed E-state index contributed by atoms with van der Waals surface area (Å²) < 4.78 is 7.76. The molecule has 120 valence electrons. The van der Waals surface area contributed by atoms with Crippen molar-refractivity contribution in [3.05, 3.63) is 78.4 Å². The highest BCUT2D eigenvalue weighted by Gasteiger charge is 2.09. The number of nitriles is 1. The van der Waals surface area contributed by atoms with E-state index in [-0.39, 0.29) is 0 Å². The van der Waals surface area contributed by atoms with Crippen LogP contribution in [0.25, 0.3) is 16.8 Å². The van der Waals surface area contributed by atoms with Gasteiger partial charge >= 0.3 is 0 Å². The van der Waals surface area contributed by atoms with Gasteiger partial charge in [0.15, 0.2) is 0 Å². The average Bonchev–Trinajstić information content (AvgIpc) is 3.10. The molecule has 0 bridgehead atoms. The molecule has 0 amide bonds. The van der Waals surface area contributed by atoms with Crippen molar-refractivity contribution in [2.75, 3.05) is 0 Å². The van der Waals surface area contributed by atoms with E-state index in [0.29, 0.717) is 17.2 Å². The second-order valence-corrected chi connectivity index (χ2v) is 5.60. The molecule has 0 aliphatic heterocycles. The molecular formula is C20H14N4O. The Labute approximate surface area is 144 Å². The van der Waals surface area contributed by atoms with E-state index in [1.807, 2.05) is 54.0 Å². The van der Waals surface area contributed by atoms with Gasteiger partial charge in [-0.05, 0) is 37.3 Å². The number of hydrogen-bond acceptors (Lipinski definition) is 4. The van der Waals surface area contributed by atoms with Gasteiger partial charge in [-0.3, -0.25) is 0 Å². The fourth-order valence-electron chi connectivity index (χ4n) is 2.74. The summed E-state index contributed by atoms with van der Waals surface area (Å²) in [5.41, 5.74) is 4.32. The fourth-order valence-corrected chi connectivity index (χ4v) is 2.74. The zero-order valence-corrected chi connectivity index (χ0v) is 13.5. The van der Waals surface area contributed by atoms with Crippen LogP contribution < -0.4 is 4.74 Å². The minimum Gasteiger partial charge on any atom is -0.438 e. The molecule has 0 aliphatic rings. The first-order valence-electron chi connectivity index (χ1n) is 7.82. The van der Waals surface area contributed by atoms with Gasteiger partial charge in [-0.2, -0.15) is 5.26 Å². The van der Waals surface area contributed by atoms with Crippen LogP contribution >= 0.6 is 0 Å². The number of aromatic nitrogens is 3. The number of rotatable bonds is 3. The summed E-state index contributed by atoms with van der Waals surface area (Å²) in [5.74, 6) is 0.970. The summed E-state index contributed by atoms with van der Waals surface area (Å²) in [5, 5.41) is 9.15. The van der Waals surface area contributed by atoms with E-state index in [2.05, 4.69) is 16.0 Å². The van der Waals surface area contributed by atoms with Gasteiger partial charge in [0, 0.05) is 41.5 Å². The van der Waals surface area contributed by atoms with Crippen molar-refractivity contribution in [3.63, 3.8) is 0 Å². The Bertz CT molecular complexity index is 1110. The molecule has 0 radical (unpaired) electrons. The van der Waals surface area contributed by atoms with E-state index in [4.69, 9.17) is 10.00 Å². The third-order valence-corrected chi connectivity index (χ3v) is 3.98. The summed E-state index contributed by atoms with van der Waals surface area (Å²) >= 11 is 0. The van der Waals surface area contributed by atoms with E-state index in [9.17, 15) is 0 Å². The van der Waals surface area contributed by atoms with E-state index in [0.717, 1.165) is 22.5 Å². The predicted molar refractivity (Wildman–Crippen MR) is 94.4 cm³/mol. The maximum atomic E-state index is 9.15. The SMILES string of the molecule is Cc1nc(Oc2ccccc2C#N)ccc1-c1ccc2nccn2c1. The second-order valence-electron chi connectivity index (χ2n) is 5.60. The smallest absolute Gasteiger partial charge is 0.219 e. The van der Waals surface area contributed by atoms with E-state index < -0.39 is 0 Å². The van der Waals surface area contributed by atoms with Crippen LogP contribution in [-0.4, -0.2) is 14.4 Å². The molecule has 1 aromatic carbocycles. The molecule has 0 saturated heterocycles. The minimum absolute atomic E-state index is 0.465. The van der Waals surface area contributed by atoms with Crippen molar-refractivity contribution in [1.29, 1.82) is 5.26 Å². The van der Waals surface area contributed by atoms with Gasteiger partial charge in [0.1, 0.15) is 17.5 Å². The summed E-state index contributed by atoms with van der Waals surface area (Å²) in [6.07, 6.45) is 5.71. The number of para-hydroxylation sites is 1. The van der Waals surface area contributed by atoms with Gasteiger partial charge in [-0.25, -0.2) is 9.97 Å². The highest BCUT2D eigenvalue weighted by atomic mass is 16.5. The van der Waals surface area contributed by atoms with Gasteiger partial charge < -0.3 is 9.14 Å². The monoisotopic (exact) mass is 326 g/mol. The summed E-state index contributed by atoms with van der Waals surface area (Å²) in [4.78, 5) is 8.79. The standard InChI is InChI=1S/C20H14N4O/c1-14-17(16-6-8-19-22-10-11-24(19)13-16)7-9-20(23-14)25-18-5-3-2-4-15(18)12-21/h2-11,13H,1H3. The molecular weight excluding hydrogens is 312 g/mol. The van der Waals surface area contributed by atoms with Crippen molar-refractivity contribution in [1.82, 2.24) is 14.4 Å². The van der Waals surface area contributed by atoms with Crippen molar-refractivity contribution >= 4 is 5.65 Å². The normalized spacial score (nSPS) is 10.6. The average molecular weight is 326 g/mol. The van der Waals surface area contributed by atoms with Crippen LogP contribution in [0.3, 0.4) is 0 Å². The van der Waals surface area contributed by atoms with Crippen LogP contribution in [0.5, 0.6) is 11.6 Å². The second kappa shape index (κ2) is 6.10. The van der Waals surface area contributed by atoms with Crippen LogP contribution in [-0.2, 0) is 0 Å². The van der Waals surface area contributed by atoms with Crippen molar-refractivity contribution in [3.8, 4) is 28.8 Å². The highest BCUT2D eigenvalue weighted by Crippen LogP contribution is 2.28. The van der Waals surface area contributed by atoms with E-state index >= 15 is 0 Å². The van der Waals surface area contributed by atoms with Crippen molar-refractivity contribution in [2.45, 2.75) is 6.92 Å². The number of nitrogens with zero attached hydrogens (tertiary/aromatic N) is 4. The topological polar surface area (TPSA) is 63.2 Å². The molecule has 5 heteroatoms. The van der Waals surface area contributed by atoms with E-state index in [1.165, 1.54) is 0 Å². The predicted octanol–water partition coefficient (Wildman–Crippen LogP) is 4.37. The van der Waals surface area contributed by atoms with Gasteiger partial charge in [-0.1, -0.05) is 12.1 Å². The van der Waals surface area contributed by atoms with Crippen LogP contribution in [0.2, 0.25) is 0 Å². The number of ether oxygens (including phenoxy) is 1. The Morgan fingerprint density at radius 3 is 2.80 bits per heavy atom. The number of imidazole rings is 1. The lowest BCUT2D eigenvalue weighted by molar-refractivity contribution is 0.460. The van der Waals surface area contributed by atoms with Gasteiger partial charge in [0.25, 0.3) is 0 Å². The molecule has 0 aliphatic carbocycles. The maximum absolute atomic E-state index is 9.15. The maximum Gasteiger partial charge on any atom is 0.219 e. The van der Waals surface area contributed by atoms with Crippen LogP contribution in [0, 0.1) is 18.3 Å². The minimum atomic E-state index is 0.465. The molecule has 0 saturated carbocycles. The van der Waals surface area contributed by atoms with Gasteiger partial charge in [0.05, 0.1) is 5.56 Å². The first kappa shape index (κ1) is 14.9. The summed E-state index contributed by atoms with van der Waals surface area (Å²) in [6.45, 7) is 1.94. The first-order chi connectivity index (χ1) is 12.2. The molecule has 0 N–H and O–H groups in total. The van der Waals surface area contributed by atoms with E-state index in [1.54, 1.807) is 24.4 Å². The lowest BCUT2D eigenvalue weighted by atomic mass is 10.1. The lowest BCUT2D eigenvalue weighted by Crippen LogP contribution is -1.95. The zero-order chi connectivity index (χ0) is 17.2. The number of pyridine rings is 2. The highest BCUT2D eigenvalue weighted by molar-refractivity contribution is 5.67. The van der Waals surface area contributed by atoms with Crippen LogP contribution in [0.1, 0.15) is 11.3 Å². The quantitative estimate of drug-likeness (QED) is 0.561. The van der Waals surface area contributed by atoms with Gasteiger partial charge in [-0.15, -0.1) is 0 Å². The van der Waals surface area contributed by atoms with Gasteiger partial charge in [0.2, 0.25) is 5.88 Å². The number of aryl methyl sites for hydroxylation is 1. The Morgan fingerprint density at radius 1 is 1.08 bits per heavy atom. The van der Waals surface area contributed by atoms with Crippen LogP contribution in [0.15, 0.2) is 67.1 Å². The molecule has 0 atom stereocenters. The molecule has 4 aromatic rings. The number of hydrogen-bond donors (Lipinski definition) is 0. The summed E-state index contributed by atoms with van der Waals surface area (Å²) in [6, 6.07) is 17.0. The molecule has 0 fully saturated rings. The Balaban J connectivity index is 1.68. The number of benzene rings is 1. The first-order valence-corrected chi connectivity index (χ1v) is 7.82. The van der Waals surface area contributed by atoms with Crippen molar-refractivity contribution in [2.24, 2.45) is 0 Å². The molecule has 3 heterocycles. The lowest BCUT2D eigenvalue weighted by Gasteiger charge is -2.10. The zero-order valence-electron chi connectivity index (χ0n) is 13.5. The third-order valence-electron chi connectivity index (χ3n) is 3.98. The molecule has 5 nitrogen and oxygen atoms in total. The Hall–Kier alpha value is -3.65. The van der Waals surface area contributed by atoms with Crippen molar-refractivity contribution < 1.29 is 4.74 Å². The fraction of sp³-hybridized carbons (Fsp3) is 0.0500. The molecule has 4 rings (SSSR count). The third kappa shape index (κ3) is 2.81. The molecule has 25 heavy (non-hydrogen) atoms.